The first kappa shape index (κ1) is 19.7. The zero-order valence-electron chi connectivity index (χ0n) is 16.4. The van der Waals surface area contributed by atoms with Gasteiger partial charge >= 0.3 is 0 Å². The number of pyridine rings is 1. The number of anilines is 1. The average molecular weight is 420 g/mol. The van der Waals surface area contributed by atoms with Gasteiger partial charge in [0.15, 0.2) is 16.4 Å². The number of benzene rings is 1. The lowest BCUT2D eigenvalue weighted by molar-refractivity contribution is -0.116. The van der Waals surface area contributed by atoms with Gasteiger partial charge in [0.1, 0.15) is 0 Å². The van der Waals surface area contributed by atoms with Crippen molar-refractivity contribution in [3.05, 3.63) is 77.0 Å². The van der Waals surface area contributed by atoms with Gasteiger partial charge in [-0.05, 0) is 31.3 Å². The molecule has 0 saturated carbocycles. The van der Waals surface area contributed by atoms with Gasteiger partial charge in [-0.3, -0.25) is 24.1 Å². The fourth-order valence-corrected chi connectivity index (χ4v) is 3.26. The van der Waals surface area contributed by atoms with Gasteiger partial charge in [0.25, 0.3) is 0 Å². The van der Waals surface area contributed by atoms with Crippen LogP contribution in [0.3, 0.4) is 0 Å². The van der Waals surface area contributed by atoms with Gasteiger partial charge in [0.05, 0.1) is 12.2 Å². The Hall–Kier alpha value is -3.59. The quantitative estimate of drug-likeness (QED) is 0.447. The third-order valence-corrected chi connectivity index (χ3v) is 4.90. The maximum Gasteiger partial charge on any atom is 0.227 e. The topological polar surface area (TPSA) is 93.4 Å². The lowest BCUT2D eigenvalue weighted by atomic mass is 10.1. The highest BCUT2D eigenvalue weighted by atomic mass is 32.1. The molecule has 152 valence electrons. The van der Waals surface area contributed by atoms with Gasteiger partial charge < -0.3 is 5.32 Å². The lowest BCUT2D eigenvalue weighted by Gasteiger charge is -2.07. The number of nitrogens with zero attached hydrogens (tertiary/aromatic N) is 5. The van der Waals surface area contributed by atoms with Crippen molar-refractivity contribution in [2.45, 2.75) is 26.4 Å². The summed E-state index contributed by atoms with van der Waals surface area (Å²) in [6.45, 7) is 2.99. The molecule has 1 amide bonds. The molecule has 0 aliphatic heterocycles. The van der Waals surface area contributed by atoms with Crippen LogP contribution in [0.15, 0.2) is 60.9 Å². The molecule has 0 bridgehead atoms. The molecule has 30 heavy (non-hydrogen) atoms. The Morgan fingerprint density at radius 1 is 1.17 bits per heavy atom. The van der Waals surface area contributed by atoms with Crippen LogP contribution < -0.4 is 5.32 Å². The molecule has 1 aromatic carbocycles. The molecular formula is C21H21N7OS. The van der Waals surface area contributed by atoms with Crippen LogP contribution in [0.2, 0.25) is 0 Å². The number of H-pyrrole nitrogens is 1. The Kier molecular flexibility index (Phi) is 5.80. The first-order chi connectivity index (χ1) is 14.6. The van der Waals surface area contributed by atoms with Crippen LogP contribution in [-0.4, -0.2) is 35.4 Å². The summed E-state index contributed by atoms with van der Waals surface area (Å²) in [6, 6.07) is 15.5. The van der Waals surface area contributed by atoms with Crippen molar-refractivity contribution in [1.82, 2.24) is 29.5 Å². The molecule has 0 spiro atoms. The van der Waals surface area contributed by atoms with E-state index in [1.165, 1.54) is 5.56 Å². The van der Waals surface area contributed by atoms with Crippen molar-refractivity contribution >= 4 is 23.9 Å². The SMILES string of the molecule is Cc1ccc(-c2n[nH]c(=S)n2CCC(=O)Nc2ccn(Cc3ccccn3)n2)cc1. The van der Waals surface area contributed by atoms with Gasteiger partial charge in [0.2, 0.25) is 5.91 Å². The number of aromatic nitrogens is 6. The number of rotatable bonds is 7. The Morgan fingerprint density at radius 2 is 2.00 bits per heavy atom. The average Bonchev–Trinajstić information content (AvgIpc) is 3.34. The van der Waals surface area contributed by atoms with E-state index in [1.807, 2.05) is 60.2 Å². The van der Waals surface area contributed by atoms with Crippen LogP contribution in [0.25, 0.3) is 11.4 Å². The number of aromatic amines is 1. The minimum absolute atomic E-state index is 0.143. The zero-order chi connectivity index (χ0) is 20.9. The van der Waals surface area contributed by atoms with Crippen molar-refractivity contribution in [2.24, 2.45) is 0 Å². The van der Waals surface area contributed by atoms with Gasteiger partial charge in [0, 0.05) is 37.0 Å². The summed E-state index contributed by atoms with van der Waals surface area (Å²) < 4.78 is 4.05. The normalized spacial score (nSPS) is 10.8. The maximum absolute atomic E-state index is 12.4. The summed E-state index contributed by atoms with van der Waals surface area (Å²) >= 11 is 5.34. The summed E-state index contributed by atoms with van der Waals surface area (Å²) in [5, 5.41) is 14.3. The zero-order valence-corrected chi connectivity index (χ0v) is 17.3. The molecule has 3 heterocycles. The van der Waals surface area contributed by atoms with Crippen LogP contribution >= 0.6 is 12.2 Å². The van der Waals surface area contributed by atoms with Crippen molar-refractivity contribution in [2.75, 3.05) is 5.32 Å². The van der Waals surface area contributed by atoms with E-state index < -0.39 is 0 Å². The molecule has 0 atom stereocenters. The molecular weight excluding hydrogens is 398 g/mol. The van der Waals surface area contributed by atoms with Crippen LogP contribution in [0.1, 0.15) is 17.7 Å². The molecule has 4 rings (SSSR count). The monoisotopic (exact) mass is 419 g/mol. The molecule has 8 nitrogen and oxygen atoms in total. The number of aryl methyl sites for hydroxylation is 1. The molecule has 0 fully saturated rings. The van der Waals surface area contributed by atoms with Crippen LogP contribution in [0, 0.1) is 11.7 Å². The molecule has 9 heteroatoms. The minimum atomic E-state index is -0.143. The van der Waals surface area contributed by atoms with Gasteiger partial charge in [-0.2, -0.15) is 10.2 Å². The molecule has 4 aromatic rings. The molecule has 2 N–H and O–H groups in total. The van der Waals surface area contributed by atoms with E-state index in [0.29, 0.717) is 29.5 Å². The van der Waals surface area contributed by atoms with E-state index in [4.69, 9.17) is 12.2 Å². The summed E-state index contributed by atoms with van der Waals surface area (Å²) in [4.78, 5) is 16.7. The maximum atomic E-state index is 12.4. The molecule has 0 radical (unpaired) electrons. The number of carbonyl (C=O) groups is 1. The largest absolute Gasteiger partial charge is 0.309 e. The fourth-order valence-electron chi connectivity index (χ4n) is 3.04. The Bertz CT molecular complexity index is 1190. The third-order valence-electron chi connectivity index (χ3n) is 4.59. The van der Waals surface area contributed by atoms with E-state index in [9.17, 15) is 4.79 Å². The molecule has 0 unspecified atom stereocenters. The Labute approximate surface area is 178 Å². The van der Waals surface area contributed by atoms with E-state index in [-0.39, 0.29) is 12.3 Å². The number of hydrogen-bond acceptors (Lipinski definition) is 5. The number of nitrogens with one attached hydrogen (secondary N) is 2. The van der Waals surface area contributed by atoms with Crippen LogP contribution in [0.4, 0.5) is 5.82 Å². The first-order valence-electron chi connectivity index (χ1n) is 9.54. The highest BCUT2D eigenvalue weighted by molar-refractivity contribution is 7.71. The van der Waals surface area contributed by atoms with E-state index in [0.717, 1.165) is 11.3 Å². The first-order valence-corrected chi connectivity index (χ1v) is 9.95. The molecule has 0 aliphatic rings. The third kappa shape index (κ3) is 4.69. The molecule has 0 saturated heterocycles. The highest BCUT2D eigenvalue weighted by Crippen LogP contribution is 2.18. The molecule has 0 aliphatic carbocycles. The standard InChI is InChI=1S/C21H21N7OS/c1-15-5-7-16(8-6-15)20-24-25-21(30)28(20)13-10-19(29)23-18-9-12-27(26-18)14-17-4-2-3-11-22-17/h2-9,11-12H,10,13-14H2,1H3,(H,25,30)(H,23,26,29). The summed E-state index contributed by atoms with van der Waals surface area (Å²) in [6.07, 6.45) is 3.80. The second-order valence-corrected chi connectivity index (χ2v) is 7.27. The van der Waals surface area contributed by atoms with E-state index >= 15 is 0 Å². The second-order valence-electron chi connectivity index (χ2n) is 6.89. The van der Waals surface area contributed by atoms with Crippen molar-refractivity contribution in [1.29, 1.82) is 0 Å². The molecule has 3 aromatic heterocycles. The number of carbonyl (C=O) groups excluding carboxylic acids is 1. The fraction of sp³-hybridized carbons (Fsp3) is 0.190. The predicted molar refractivity (Wildman–Crippen MR) is 116 cm³/mol. The summed E-state index contributed by atoms with van der Waals surface area (Å²) in [5.74, 6) is 1.08. The van der Waals surface area contributed by atoms with Gasteiger partial charge in [-0.15, -0.1) is 0 Å². The smallest absolute Gasteiger partial charge is 0.227 e. The predicted octanol–water partition coefficient (Wildman–Crippen LogP) is 3.58. The van der Waals surface area contributed by atoms with Crippen molar-refractivity contribution in [3.63, 3.8) is 0 Å². The van der Waals surface area contributed by atoms with Crippen molar-refractivity contribution < 1.29 is 4.79 Å². The Balaban J connectivity index is 1.37. The highest BCUT2D eigenvalue weighted by Gasteiger charge is 2.11. The number of amides is 1. The lowest BCUT2D eigenvalue weighted by Crippen LogP contribution is -2.15. The van der Waals surface area contributed by atoms with E-state index in [2.05, 4.69) is 25.6 Å². The van der Waals surface area contributed by atoms with Crippen molar-refractivity contribution in [3.8, 4) is 11.4 Å². The minimum Gasteiger partial charge on any atom is -0.309 e. The summed E-state index contributed by atoms with van der Waals surface area (Å²) in [7, 11) is 0. The second kappa shape index (κ2) is 8.83. The van der Waals surface area contributed by atoms with Gasteiger partial charge in [-0.25, -0.2) is 0 Å². The van der Waals surface area contributed by atoms with Gasteiger partial charge in [-0.1, -0.05) is 35.9 Å². The summed E-state index contributed by atoms with van der Waals surface area (Å²) in [5.41, 5.74) is 3.01. The Morgan fingerprint density at radius 3 is 2.77 bits per heavy atom. The number of hydrogen-bond donors (Lipinski definition) is 2. The van der Waals surface area contributed by atoms with Crippen LogP contribution in [0.5, 0.6) is 0 Å². The van der Waals surface area contributed by atoms with E-state index in [1.54, 1.807) is 16.9 Å². The van der Waals surface area contributed by atoms with Crippen LogP contribution in [-0.2, 0) is 17.9 Å².